The quantitative estimate of drug-likeness (QED) is 0.811. The van der Waals surface area contributed by atoms with E-state index in [1.54, 1.807) is 4.90 Å². The molecule has 0 aromatic heterocycles. The first-order chi connectivity index (χ1) is 10.3. The van der Waals surface area contributed by atoms with Crippen LogP contribution in [0.3, 0.4) is 0 Å². The van der Waals surface area contributed by atoms with Gasteiger partial charge in [0.15, 0.2) is 0 Å². The van der Waals surface area contributed by atoms with Gasteiger partial charge in [0.25, 0.3) is 0 Å². The fourth-order valence-corrected chi connectivity index (χ4v) is 2.80. The number of benzene rings is 1. The Morgan fingerprint density at radius 3 is 2.64 bits per heavy atom. The van der Waals surface area contributed by atoms with Gasteiger partial charge in [-0.25, -0.2) is 0 Å². The number of carbonyl (C=O) groups excluding carboxylic acids is 1. The van der Waals surface area contributed by atoms with Gasteiger partial charge in [0.05, 0.1) is 17.2 Å². The highest BCUT2D eigenvalue weighted by molar-refractivity contribution is 9.10. The van der Waals surface area contributed by atoms with Gasteiger partial charge in [-0.05, 0) is 45.5 Å². The van der Waals surface area contributed by atoms with Crippen molar-refractivity contribution in [3.8, 4) is 5.75 Å². The summed E-state index contributed by atoms with van der Waals surface area (Å²) in [6.07, 6.45) is 0.807. The first-order valence-corrected chi connectivity index (χ1v) is 8.45. The SMILES string of the molecule is CC(C)(C)c1ccc(OCCCC(=O)N2CC(O)C2)c(Br)c1. The van der Waals surface area contributed by atoms with Crippen molar-refractivity contribution in [3.63, 3.8) is 0 Å². The molecule has 22 heavy (non-hydrogen) atoms. The predicted octanol–water partition coefficient (Wildman–Crippen LogP) is 3.11. The van der Waals surface area contributed by atoms with Gasteiger partial charge in [-0.1, -0.05) is 26.8 Å². The second-order valence-corrected chi connectivity index (χ2v) is 7.65. The molecular formula is C17H24BrNO3. The van der Waals surface area contributed by atoms with Crippen LogP contribution in [0.2, 0.25) is 0 Å². The molecule has 0 saturated carbocycles. The molecule has 0 spiro atoms. The van der Waals surface area contributed by atoms with Gasteiger partial charge in [-0.3, -0.25) is 4.79 Å². The van der Waals surface area contributed by atoms with Gasteiger partial charge >= 0.3 is 0 Å². The van der Waals surface area contributed by atoms with E-state index in [0.29, 0.717) is 32.5 Å². The summed E-state index contributed by atoms with van der Waals surface area (Å²) in [7, 11) is 0. The molecule has 1 heterocycles. The van der Waals surface area contributed by atoms with E-state index < -0.39 is 0 Å². The number of likely N-dealkylation sites (tertiary alicyclic amines) is 1. The Morgan fingerprint density at radius 1 is 1.41 bits per heavy atom. The number of ether oxygens (including phenoxy) is 1. The first kappa shape index (κ1) is 17.3. The van der Waals surface area contributed by atoms with Crippen molar-refractivity contribution in [2.24, 2.45) is 0 Å². The summed E-state index contributed by atoms with van der Waals surface area (Å²) >= 11 is 3.54. The van der Waals surface area contributed by atoms with Crippen LogP contribution in [-0.2, 0) is 10.2 Å². The third kappa shape index (κ3) is 4.46. The number of hydrogen-bond donors (Lipinski definition) is 1. The van der Waals surface area contributed by atoms with Crippen LogP contribution in [0.5, 0.6) is 5.75 Å². The number of aliphatic hydroxyl groups excluding tert-OH is 1. The first-order valence-electron chi connectivity index (χ1n) is 7.66. The van der Waals surface area contributed by atoms with Crippen molar-refractivity contribution < 1.29 is 14.6 Å². The van der Waals surface area contributed by atoms with Crippen LogP contribution in [0, 0.1) is 0 Å². The number of β-amino-alcohol motifs (C(OH)–C–C–N with tert-alkyl or cyclic N) is 1. The molecule has 0 radical (unpaired) electrons. The minimum absolute atomic E-state index is 0.0936. The molecule has 1 aliphatic heterocycles. The summed E-state index contributed by atoms with van der Waals surface area (Å²) in [5.74, 6) is 0.899. The lowest BCUT2D eigenvalue weighted by Gasteiger charge is -2.35. The molecule has 122 valence electrons. The number of carbonyl (C=O) groups is 1. The minimum Gasteiger partial charge on any atom is -0.492 e. The Balaban J connectivity index is 1.76. The fraction of sp³-hybridized carbons (Fsp3) is 0.588. The molecule has 1 aliphatic rings. The second kappa shape index (κ2) is 7.01. The molecule has 1 saturated heterocycles. The Bertz CT molecular complexity index is 533. The normalized spacial score (nSPS) is 15.6. The highest BCUT2D eigenvalue weighted by Crippen LogP contribution is 2.31. The van der Waals surface area contributed by atoms with Gasteiger partial charge < -0.3 is 14.7 Å². The number of rotatable bonds is 5. The fourth-order valence-electron chi connectivity index (χ4n) is 2.31. The topological polar surface area (TPSA) is 49.8 Å². The maximum Gasteiger partial charge on any atom is 0.222 e. The molecular weight excluding hydrogens is 346 g/mol. The molecule has 1 fully saturated rings. The molecule has 1 aromatic rings. The molecule has 4 nitrogen and oxygen atoms in total. The van der Waals surface area contributed by atoms with E-state index >= 15 is 0 Å². The average Bonchev–Trinajstić information content (AvgIpc) is 2.40. The van der Waals surface area contributed by atoms with Crippen LogP contribution >= 0.6 is 15.9 Å². The maximum atomic E-state index is 11.8. The number of aliphatic hydroxyl groups is 1. The van der Waals surface area contributed by atoms with Crippen LogP contribution in [-0.4, -0.2) is 41.7 Å². The largest absolute Gasteiger partial charge is 0.492 e. The molecule has 5 heteroatoms. The molecule has 2 rings (SSSR count). The van der Waals surface area contributed by atoms with Crippen molar-refractivity contribution in [2.75, 3.05) is 19.7 Å². The third-order valence-electron chi connectivity index (χ3n) is 3.81. The highest BCUT2D eigenvalue weighted by Gasteiger charge is 2.27. The summed E-state index contributed by atoms with van der Waals surface area (Å²) in [5, 5.41) is 9.17. The van der Waals surface area contributed by atoms with Gasteiger partial charge in [-0.2, -0.15) is 0 Å². The van der Waals surface area contributed by atoms with Crippen molar-refractivity contribution in [1.82, 2.24) is 4.90 Å². The molecule has 0 bridgehead atoms. The van der Waals surface area contributed by atoms with E-state index in [4.69, 9.17) is 4.74 Å². The Hall–Kier alpha value is -1.07. The van der Waals surface area contributed by atoms with E-state index in [2.05, 4.69) is 48.8 Å². The average molecular weight is 370 g/mol. The third-order valence-corrected chi connectivity index (χ3v) is 4.43. The van der Waals surface area contributed by atoms with Crippen molar-refractivity contribution in [1.29, 1.82) is 0 Å². The van der Waals surface area contributed by atoms with Gasteiger partial charge in [-0.15, -0.1) is 0 Å². The lowest BCUT2D eigenvalue weighted by molar-refractivity contribution is -0.141. The Labute approximate surface area is 140 Å². The van der Waals surface area contributed by atoms with Gasteiger partial charge in [0.2, 0.25) is 5.91 Å². The van der Waals surface area contributed by atoms with Crippen molar-refractivity contribution in [2.45, 2.75) is 45.1 Å². The predicted molar refractivity (Wildman–Crippen MR) is 90.2 cm³/mol. The van der Waals surface area contributed by atoms with Crippen LogP contribution < -0.4 is 4.74 Å². The standard InChI is InChI=1S/C17H24BrNO3/c1-17(2,3)12-6-7-15(14(18)9-12)22-8-4-5-16(21)19-10-13(20)11-19/h6-7,9,13,20H,4-5,8,10-11H2,1-3H3. The molecule has 0 aliphatic carbocycles. The number of halogens is 1. The van der Waals surface area contributed by atoms with E-state index in [9.17, 15) is 9.90 Å². The summed E-state index contributed by atoms with van der Waals surface area (Å²) in [6.45, 7) is 7.98. The summed E-state index contributed by atoms with van der Waals surface area (Å²) < 4.78 is 6.68. The van der Waals surface area contributed by atoms with E-state index in [-0.39, 0.29) is 17.4 Å². The number of nitrogens with zero attached hydrogens (tertiary/aromatic N) is 1. The number of amides is 1. The molecule has 0 unspecified atom stereocenters. The smallest absolute Gasteiger partial charge is 0.222 e. The second-order valence-electron chi connectivity index (χ2n) is 6.80. The Morgan fingerprint density at radius 2 is 2.09 bits per heavy atom. The minimum atomic E-state index is -0.336. The van der Waals surface area contributed by atoms with E-state index in [1.807, 2.05) is 6.07 Å². The van der Waals surface area contributed by atoms with Gasteiger partial charge in [0, 0.05) is 19.5 Å². The zero-order chi connectivity index (χ0) is 16.3. The van der Waals surface area contributed by atoms with Crippen LogP contribution in [0.4, 0.5) is 0 Å². The zero-order valence-corrected chi connectivity index (χ0v) is 15.0. The molecule has 1 amide bonds. The van der Waals surface area contributed by atoms with Gasteiger partial charge in [0.1, 0.15) is 5.75 Å². The van der Waals surface area contributed by atoms with Crippen LogP contribution in [0.25, 0.3) is 0 Å². The van der Waals surface area contributed by atoms with E-state index in [0.717, 1.165) is 10.2 Å². The van der Waals surface area contributed by atoms with E-state index in [1.165, 1.54) is 5.56 Å². The molecule has 0 atom stereocenters. The van der Waals surface area contributed by atoms with Crippen molar-refractivity contribution in [3.05, 3.63) is 28.2 Å². The van der Waals surface area contributed by atoms with Crippen LogP contribution in [0.1, 0.15) is 39.2 Å². The van der Waals surface area contributed by atoms with Crippen LogP contribution in [0.15, 0.2) is 22.7 Å². The summed E-state index contributed by atoms with van der Waals surface area (Å²) in [5.41, 5.74) is 1.35. The lowest BCUT2D eigenvalue weighted by atomic mass is 9.87. The lowest BCUT2D eigenvalue weighted by Crippen LogP contribution is -2.53. The molecule has 1 N–H and O–H groups in total. The monoisotopic (exact) mass is 369 g/mol. The van der Waals surface area contributed by atoms with Crippen molar-refractivity contribution >= 4 is 21.8 Å². The summed E-state index contributed by atoms with van der Waals surface area (Å²) in [6, 6.07) is 6.13. The molecule has 1 aromatic carbocycles. The summed E-state index contributed by atoms with van der Waals surface area (Å²) in [4.78, 5) is 13.4. The Kier molecular flexibility index (Phi) is 5.50. The zero-order valence-electron chi connectivity index (χ0n) is 13.4. The number of hydrogen-bond acceptors (Lipinski definition) is 3. The maximum absolute atomic E-state index is 11.8. The highest BCUT2D eigenvalue weighted by atomic mass is 79.9.